The topological polar surface area (TPSA) is 66.8 Å². The highest BCUT2D eigenvalue weighted by Gasteiger charge is 2.37. The van der Waals surface area contributed by atoms with Gasteiger partial charge in [0, 0.05) is 0 Å². The molecule has 0 aliphatic heterocycles. The molecule has 0 spiro atoms. The lowest BCUT2D eigenvalue weighted by molar-refractivity contribution is -0.151. The number of benzene rings is 1. The third-order valence-corrected chi connectivity index (χ3v) is 3.01. The summed E-state index contributed by atoms with van der Waals surface area (Å²) in [7, 11) is 0. The number of carbonyl (C=O) groups excluding carboxylic acids is 1. The zero-order chi connectivity index (χ0) is 12.9. The minimum Gasteiger partial charge on any atom is -0.426 e. The summed E-state index contributed by atoms with van der Waals surface area (Å²) in [6.45, 7) is 2.70. The molecule has 0 saturated heterocycles. The zero-order valence-corrected chi connectivity index (χ0v) is 10.1. The molecule has 17 heavy (non-hydrogen) atoms. The summed E-state index contributed by atoms with van der Waals surface area (Å²) in [6.07, 6.45) is 0.324. The summed E-state index contributed by atoms with van der Waals surface area (Å²) in [5, 5.41) is 18.5. The van der Waals surface area contributed by atoms with Gasteiger partial charge in [-0.1, -0.05) is 25.1 Å². The molecule has 0 unspecified atom stereocenters. The molecule has 0 bridgehead atoms. The van der Waals surface area contributed by atoms with Crippen LogP contribution < -0.4 is 4.74 Å². The van der Waals surface area contributed by atoms with Crippen molar-refractivity contribution in [3.8, 4) is 5.75 Å². The van der Waals surface area contributed by atoms with E-state index in [1.807, 2.05) is 19.1 Å². The van der Waals surface area contributed by atoms with Gasteiger partial charge in [0.1, 0.15) is 11.2 Å². The van der Waals surface area contributed by atoms with Crippen LogP contribution in [0, 0.1) is 12.3 Å². The van der Waals surface area contributed by atoms with Crippen molar-refractivity contribution in [2.75, 3.05) is 13.2 Å². The van der Waals surface area contributed by atoms with Gasteiger partial charge in [-0.2, -0.15) is 0 Å². The molecule has 94 valence electrons. The predicted molar refractivity (Wildman–Crippen MR) is 63.7 cm³/mol. The molecule has 0 aliphatic carbocycles. The average Bonchev–Trinajstić information content (AvgIpc) is 2.35. The van der Waals surface area contributed by atoms with Crippen LogP contribution in [0.25, 0.3) is 0 Å². The first-order chi connectivity index (χ1) is 8.09. The number of hydrogen-bond acceptors (Lipinski definition) is 4. The number of esters is 1. The molecule has 1 aromatic carbocycles. The minimum absolute atomic E-state index is 0.324. The maximum absolute atomic E-state index is 11.9. The highest BCUT2D eigenvalue weighted by atomic mass is 16.5. The molecule has 1 aromatic rings. The fraction of sp³-hybridized carbons (Fsp3) is 0.462. The van der Waals surface area contributed by atoms with Gasteiger partial charge in [0.2, 0.25) is 0 Å². The monoisotopic (exact) mass is 238 g/mol. The van der Waals surface area contributed by atoms with Crippen LogP contribution in [0.2, 0.25) is 0 Å². The standard InChI is InChI=1S/C13H18O4/c1-3-13(8-14,9-15)12(16)17-11-7-5-4-6-10(11)2/h4-7,14-15H,3,8-9H2,1-2H3. The molecule has 0 saturated carbocycles. The van der Waals surface area contributed by atoms with E-state index < -0.39 is 24.6 Å². The number of carbonyl (C=O) groups is 1. The number of ether oxygens (including phenoxy) is 1. The number of para-hydroxylation sites is 1. The number of aliphatic hydroxyl groups excluding tert-OH is 2. The van der Waals surface area contributed by atoms with E-state index in [4.69, 9.17) is 4.74 Å². The number of aliphatic hydroxyl groups is 2. The summed E-state index contributed by atoms with van der Waals surface area (Å²) in [5.41, 5.74) is -0.385. The Labute approximate surface area is 101 Å². The molecule has 0 aromatic heterocycles. The van der Waals surface area contributed by atoms with Crippen LogP contribution in [0.3, 0.4) is 0 Å². The molecule has 2 N–H and O–H groups in total. The van der Waals surface area contributed by atoms with Gasteiger partial charge < -0.3 is 14.9 Å². The summed E-state index contributed by atoms with van der Waals surface area (Å²) >= 11 is 0. The van der Waals surface area contributed by atoms with Gasteiger partial charge in [0.05, 0.1) is 13.2 Å². The summed E-state index contributed by atoms with van der Waals surface area (Å²) < 4.78 is 5.22. The quantitative estimate of drug-likeness (QED) is 0.599. The van der Waals surface area contributed by atoms with Gasteiger partial charge in [-0.25, -0.2) is 0 Å². The summed E-state index contributed by atoms with van der Waals surface area (Å²) in [5.74, 6) is -0.142. The lowest BCUT2D eigenvalue weighted by Crippen LogP contribution is -2.41. The first-order valence-electron chi connectivity index (χ1n) is 5.59. The molecule has 1 rings (SSSR count). The van der Waals surface area contributed by atoms with Crippen LogP contribution in [-0.4, -0.2) is 29.4 Å². The Hall–Kier alpha value is -1.39. The maximum atomic E-state index is 11.9. The van der Waals surface area contributed by atoms with Gasteiger partial charge in [0.25, 0.3) is 0 Å². The minimum atomic E-state index is -1.22. The van der Waals surface area contributed by atoms with E-state index in [0.717, 1.165) is 5.56 Å². The third kappa shape index (κ3) is 2.84. The van der Waals surface area contributed by atoms with Crippen LogP contribution in [0.15, 0.2) is 24.3 Å². The molecule has 0 amide bonds. The normalized spacial score (nSPS) is 11.3. The molecule has 4 nitrogen and oxygen atoms in total. The zero-order valence-electron chi connectivity index (χ0n) is 10.1. The van der Waals surface area contributed by atoms with Crippen molar-refractivity contribution >= 4 is 5.97 Å². The van der Waals surface area contributed by atoms with Crippen molar-refractivity contribution in [2.24, 2.45) is 5.41 Å². The first-order valence-corrected chi connectivity index (χ1v) is 5.59. The Morgan fingerprint density at radius 2 is 1.88 bits per heavy atom. The fourth-order valence-electron chi connectivity index (χ4n) is 1.43. The van der Waals surface area contributed by atoms with Crippen molar-refractivity contribution < 1.29 is 19.7 Å². The summed E-state index contributed by atoms with van der Waals surface area (Å²) in [4.78, 5) is 11.9. The van der Waals surface area contributed by atoms with Crippen molar-refractivity contribution in [1.82, 2.24) is 0 Å². The van der Waals surface area contributed by atoms with E-state index in [0.29, 0.717) is 12.2 Å². The number of hydrogen-bond donors (Lipinski definition) is 2. The van der Waals surface area contributed by atoms with E-state index in [2.05, 4.69) is 0 Å². The van der Waals surface area contributed by atoms with E-state index in [1.54, 1.807) is 19.1 Å². The molecule has 0 aliphatic rings. The molecule has 0 fully saturated rings. The molecule has 0 heterocycles. The fourth-order valence-corrected chi connectivity index (χ4v) is 1.43. The lowest BCUT2D eigenvalue weighted by atomic mass is 9.87. The first kappa shape index (κ1) is 13.7. The lowest BCUT2D eigenvalue weighted by Gasteiger charge is -2.25. The Morgan fingerprint density at radius 1 is 1.29 bits per heavy atom. The largest absolute Gasteiger partial charge is 0.426 e. The SMILES string of the molecule is CCC(CO)(CO)C(=O)Oc1ccccc1C. The van der Waals surface area contributed by atoms with Crippen LogP contribution in [0.4, 0.5) is 0 Å². The Morgan fingerprint density at radius 3 is 2.35 bits per heavy atom. The van der Waals surface area contributed by atoms with Crippen molar-refractivity contribution in [2.45, 2.75) is 20.3 Å². The molecular formula is C13H18O4. The molecule has 4 heteroatoms. The second-order valence-electron chi connectivity index (χ2n) is 4.11. The van der Waals surface area contributed by atoms with Crippen molar-refractivity contribution in [3.63, 3.8) is 0 Å². The second-order valence-corrected chi connectivity index (χ2v) is 4.11. The predicted octanol–water partition coefficient (Wildman–Crippen LogP) is 1.28. The molecule has 0 atom stereocenters. The van der Waals surface area contributed by atoms with Crippen LogP contribution in [-0.2, 0) is 4.79 Å². The highest BCUT2D eigenvalue weighted by molar-refractivity contribution is 5.79. The van der Waals surface area contributed by atoms with Gasteiger partial charge in [-0.15, -0.1) is 0 Å². The number of aryl methyl sites for hydroxylation is 1. The van der Waals surface area contributed by atoms with Crippen LogP contribution in [0.1, 0.15) is 18.9 Å². The van der Waals surface area contributed by atoms with Crippen molar-refractivity contribution in [1.29, 1.82) is 0 Å². The van der Waals surface area contributed by atoms with Gasteiger partial charge in [0.15, 0.2) is 0 Å². The Balaban J connectivity index is 2.88. The number of rotatable bonds is 5. The summed E-state index contributed by atoms with van der Waals surface area (Å²) in [6, 6.07) is 7.12. The van der Waals surface area contributed by atoms with E-state index in [-0.39, 0.29) is 0 Å². The highest BCUT2D eigenvalue weighted by Crippen LogP contribution is 2.25. The average molecular weight is 238 g/mol. The van der Waals surface area contributed by atoms with E-state index in [9.17, 15) is 15.0 Å². The Bertz CT molecular complexity index is 374. The second kappa shape index (κ2) is 5.80. The third-order valence-electron chi connectivity index (χ3n) is 3.01. The van der Waals surface area contributed by atoms with Crippen LogP contribution in [0.5, 0.6) is 5.75 Å². The Kier molecular flexibility index (Phi) is 4.66. The van der Waals surface area contributed by atoms with Gasteiger partial charge >= 0.3 is 5.97 Å². The van der Waals surface area contributed by atoms with Gasteiger partial charge in [-0.05, 0) is 25.0 Å². The maximum Gasteiger partial charge on any atom is 0.322 e. The van der Waals surface area contributed by atoms with E-state index in [1.165, 1.54) is 0 Å². The van der Waals surface area contributed by atoms with Crippen LogP contribution >= 0.6 is 0 Å². The molecular weight excluding hydrogens is 220 g/mol. The van der Waals surface area contributed by atoms with Gasteiger partial charge in [-0.3, -0.25) is 4.79 Å². The molecule has 0 radical (unpaired) electrons. The van der Waals surface area contributed by atoms with E-state index >= 15 is 0 Å². The smallest absolute Gasteiger partial charge is 0.322 e. The van der Waals surface area contributed by atoms with Crippen molar-refractivity contribution in [3.05, 3.63) is 29.8 Å².